The molecule has 2 amide bonds. The van der Waals surface area contributed by atoms with E-state index in [4.69, 9.17) is 4.42 Å². The Morgan fingerprint density at radius 1 is 1.14 bits per heavy atom. The van der Waals surface area contributed by atoms with Gasteiger partial charge in [0, 0.05) is 12.7 Å². The summed E-state index contributed by atoms with van der Waals surface area (Å²) < 4.78 is 5.10. The van der Waals surface area contributed by atoms with E-state index in [1.54, 1.807) is 20.0 Å². The first-order chi connectivity index (χ1) is 9.97. The molecule has 1 N–H and O–H groups in total. The molecule has 0 aliphatic heterocycles. The van der Waals surface area contributed by atoms with Crippen molar-refractivity contribution in [3.05, 3.63) is 53.5 Å². The lowest BCUT2D eigenvalue weighted by Crippen LogP contribution is -2.35. The van der Waals surface area contributed by atoms with Gasteiger partial charge in [0.05, 0.1) is 18.4 Å². The lowest BCUT2D eigenvalue weighted by atomic mass is 10.2. The van der Waals surface area contributed by atoms with Crippen LogP contribution in [-0.4, -0.2) is 30.3 Å². The molecule has 0 saturated carbocycles. The molecule has 0 unspecified atom stereocenters. The molecule has 2 rings (SSSR count). The number of amides is 2. The molecule has 0 aliphatic carbocycles. The fraction of sp³-hybridized carbons (Fsp3) is 0.250. The summed E-state index contributed by atoms with van der Waals surface area (Å²) in [6.07, 6.45) is 1.46. The molecule has 1 heterocycles. The number of rotatable bonds is 4. The molecule has 0 spiro atoms. The van der Waals surface area contributed by atoms with Crippen molar-refractivity contribution in [2.45, 2.75) is 13.8 Å². The minimum Gasteiger partial charge on any atom is -0.469 e. The van der Waals surface area contributed by atoms with Gasteiger partial charge < -0.3 is 14.6 Å². The van der Waals surface area contributed by atoms with E-state index >= 15 is 0 Å². The van der Waals surface area contributed by atoms with Crippen LogP contribution < -0.4 is 5.32 Å². The molecule has 1 aromatic carbocycles. The summed E-state index contributed by atoms with van der Waals surface area (Å²) in [6.45, 7) is 3.68. The number of aryl methyl sites for hydroxylation is 2. The minimum atomic E-state index is -0.240. The van der Waals surface area contributed by atoms with Gasteiger partial charge in [-0.15, -0.1) is 0 Å². The normalized spacial score (nSPS) is 10.2. The zero-order chi connectivity index (χ0) is 15.4. The average Bonchev–Trinajstić information content (AvgIpc) is 2.86. The lowest BCUT2D eigenvalue weighted by Gasteiger charge is -2.16. The minimum absolute atomic E-state index is 0.0165. The smallest absolute Gasteiger partial charge is 0.257 e. The first-order valence-corrected chi connectivity index (χ1v) is 6.63. The number of benzene rings is 1. The van der Waals surface area contributed by atoms with Gasteiger partial charge in [0.25, 0.3) is 5.91 Å². The van der Waals surface area contributed by atoms with Gasteiger partial charge in [0.2, 0.25) is 5.91 Å². The Morgan fingerprint density at radius 3 is 2.38 bits per heavy atom. The van der Waals surface area contributed by atoms with Crippen LogP contribution >= 0.6 is 0 Å². The van der Waals surface area contributed by atoms with Crippen molar-refractivity contribution >= 4 is 17.5 Å². The van der Waals surface area contributed by atoms with Gasteiger partial charge in [-0.25, -0.2) is 0 Å². The van der Waals surface area contributed by atoms with Crippen molar-refractivity contribution in [1.29, 1.82) is 0 Å². The number of carbonyl (C=O) groups excluding carboxylic acids is 2. The quantitative estimate of drug-likeness (QED) is 0.939. The number of hydrogen-bond donors (Lipinski definition) is 1. The van der Waals surface area contributed by atoms with E-state index in [-0.39, 0.29) is 18.4 Å². The summed E-state index contributed by atoms with van der Waals surface area (Å²) in [5.41, 5.74) is 2.31. The zero-order valence-corrected chi connectivity index (χ0v) is 12.3. The van der Waals surface area contributed by atoms with Crippen molar-refractivity contribution in [3.63, 3.8) is 0 Å². The van der Waals surface area contributed by atoms with Crippen LogP contribution in [-0.2, 0) is 4.79 Å². The molecule has 0 saturated heterocycles. The maximum atomic E-state index is 12.1. The van der Waals surface area contributed by atoms with Gasteiger partial charge in [-0.2, -0.15) is 0 Å². The highest BCUT2D eigenvalue weighted by atomic mass is 16.3. The Balaban J connectivity index is 1.94. The van der Waals surface area contributed by atoms with Gasteiger partial charge >= 0.3 is 0 Å². The average molecular weight is 286 g/mol. The van der Waals surface area contributed by atoms with Crippen molar-refractivity contribution in [2.75, 3.05) is 18.9 Å². The molecule has 2 aromatic rings. The molecular weight excluding hydrogens is 268 g/mol. The third kappa shape index (κ3) is 3.72. The largest absolute Gasteiger partial charge is 0.469 e. The summed E-state index contributed by atoms with van der Waals surface area (Å²) in [7, 11) is 1.59. The van der Waals surface area contributed by atoms with E-state index in [0.29, 0.717) is 17.0 Å². The van der Waals surface area contributed by atoms with E-state index < -0.39 is 0 Å². The van der Waals surface area contributed by atoms with E-state index in [0.717, 1.165) is 5.56 Å². The SMILES string of the molecule is Cc1ccc(NC(=O)CN(C)C(=O)c2ccoc2C)cc1. The maximum Gasteiger partial charge on any atom is 0.257 e. The van der Waals surface area contributed by atoms with E-state index in [1.807, 2.05) is 31.2 Å². The molecule has 0 radical (unpaired) electrons. The highest BCUT2D eigenvalue weighted by molar-refractivity contribution is 5.99. The van der Waals surface area contributed by atoms with Crippen LogP contribution in [0.1, 0.15) is 21.7 Å². The Bertz CT molecular complexity index is 644. The molecule has 0 fully saturated rings. The molecule has 0 atom stereocenters. The second-order valence-corrected chi connectivity index (χ2v) is 4.97. The Kier molecular flexibility index (Phi) is 4.42. The molecule has 5 nitrogen and oxygen atoms in total. The Hall–Kier alpha value is -2.56. The number of carbonyl (C=O) groups is 2. The molecular formula is C16H18N2O3. The summed E-state index contributed by atoms with van der Waals surface area (Å²) in [4.78, 5) is 25.4. The van der Waals surface area contributed by atoms with Gasteiger partial charge in [-0.3, -0.25) is 9.59 Å². The number of nitrogens with one attached hydrogen (secondary N) is 1. The maximum absolute atomic E-state index is 12.1. The van der Waals surface area contributed by atoms with Crippen LogP contribution in [0.5, 0.6) is 0 Å². The van der Waals surface area contributed by atoms with Crippen molar-refractivity contribution in [1.82, 2.24) is 4.90 Å². The number of nitrogens with zero attached hydrogens (tertiary/aromatic N) is 1. The fourth-order valence-corrected chi connectivity index (χ4v) is 1.94. The monoisotopic (exact) mass is 286 g/mol. The lowest BCUT2D eigenvalue weighted by molar-refractivity contribution is -0.116. The zero-order valence-electron chi connectivity index (χ0n) is 12.3. The molecule has 0 bridgehead atoms. The highest BCUT2D eigenvalue weighted by Crippen LogP contribution is 2.12. The van der Waals surface area contributed by atoms with Gasteiger partial charge in [0.1, 0.15) is 5.76 Å². The van der Waals surface area contributed by atoms with Gasteiger partial charge in [0.15, 0.2) is 0 Å². The van der Waals surface area contributed by atoms with Gasteiger partial charge in [-0.05, 0) is 32.0 Å². The van der Waals surface area contributed by atoms with Crippen molar-refractivity contribution in [3.8, 4) is 0 Å². The van der Waals surface area contributed by atoms with Crippen LogP contribution in [0.25, 0.3) is 0 Å². The molecule has 1 aromatic heterocycles. The topological polar surface area (TPSA) is 62.6 Å². The summed E-state index contributed by atoms with van der Waals surface area (Å²) in [5, 5.41) is 2.76. The first kappa shape index (κ1) is 14.8. The van der Waals surface area contributed by atoms with E-state index in [1.165, 1.54) is 11.2 Å². The summed E-state index contributed by atoms with van der Waals surface area (Å²) >= 11 is 0. The Morgan fingerprint density at radius 2 is 1.81 bits per heavy atom. The number of hydrogen-bond acceptors (Lipinski definition) is 3. The predicted molar refractivity (Wildman–Crippen MR) is 80.2 cm³/mol. The van der Waals surface area contributed by atoms with Crippen LogP contribution in [0.15, 0.2) is 41.0 Å². The third-order valence-corrected chi connectivity index (χ3v) is 3.15. The van der Waals surface area contributed by atoms with Crippen LogP contribution in [0, 0.1) is 13.8 Å². The molecule has 0 aliphatic rings. The summed E-state index contributed by atoms with van der Waals surface area (Å²) in [6, 6.07) is 9.09. The second-order valence-electron chi connectivity index (χ2n) is 4.97. The third-order valence-electron chi connectivity index (χ3n) is 3.15. The first-order valence-electron chi connectivity index (χ1n) is 6.63. The number of likely N-dealkylation sites (N-methyl/N-ethyl adjacent to an activating group) is 1. The molecule has 21 heavy (non-hydrogen) atoms. The predicted octanol–water partition coefficient (Wildman–Crippen LogP) is 2.61. The number of anilines is 1. The molecule has 110 valence electrons. The van der Waals surface area contributed by atoms with Crippen LogP contribution in [0.2, 0.25) is 0 Å². The highest BCUT2D eigenvalue weighted by Gasteiger charge is 2.18. The van der Waals surface area contributed by atoms with Crippen molar-refractivity contribution in [2.24, 2.45) is 0 Å². The second kappa shape index (κ2) is 6.26. The van der Waals surface area contributed by atoms with E-state index in [9.17, 15) is 9.59 Å². The van der Waals surface area contributed by atoms with Gasteiger partial charge in [-0.1, -0.05) is 17.7 Å². The van der Waals surface area contributed by atoms with E-state index in [2.05, 4.69) is 5.32 Å². The fourth-order valence-electron chi connectivity index (χ4n) is 1.94. The number of furan rings is 1. The summed E-state index contributed by atoms with van der Waals surface area (Å²) in [5.74, 6) is 0.0712. The molecule has 5 heteroatoms. The van der Waals surface area contributed by atoms with Crippen molar-refractivity contribution < 1.29 is 14.0 Å². The van der Waals surface area contributed by atoms with Crippen LogP contribution in [0.3, 0.4) is 0 Å². The van der Waals surface area contributed by atoms with Crippen LogP contribution in [0.4, 0.5) is 5.69 Å². The Labute approximate surface area is 123 Å². The standard InChI is InChI=1S/C16H18N2O3/c1-11-4-6-13(7-5-11)17-15(19)10-18(3)16(20)14-8-9-21-12(14)2/h4-9H,10H2,1-3H3,(H,17,19).